The lowest BCUT2D eigenvalue weighted by atomic mass is 9.91. The van der Waals surface area contributed by atoms with Crippen LogP contribution in [0.25, 0.3) is 0 Å². The van der Waals surface area contributed by atoms with Crippen LogP contribution in [0, 0.1) is 17.8 Å². The van der Waals surface area contributed by atoms with Crippen molar-refractivity contribution >= 4 is 12.1 Å². The summed E-state index contributed by atoms with van der Waals surface area (Å²) in [4.78, 5) is 30.6. The molecule has 2 bridgehead atoms. The molecule has 3 fully saturated rings. The van der Waals surface area contributed by atoms with Gasteiger partial charge in [-0.05, 0) is 70.9 Å². The monoisotopic (exact) mass is 660 g/mol. The molecule has 0 aliphatic carbocycles. The lowest BCUT2D eigenvalue weighted by molar-refractivity contribution is -0.151. The van der Waals surface area contributed by atoms with Crippen LogP contribution in [0.15, 0.2) is 36.0 Å². The fourth-order valence-electron chi connectivity index (χ4n) is 7.54. The van der Waals surface area contributed by atoms with E-state index in [1.165, 1.54) is 0 Å². The predicted molar refractivity (Wildman–Crippen MR) is 180 cm³/mol. The van der Waals surface area contributed by atoms with Gasteiger partial charge in [-0.3, -0.25) is 9.69 Å². The average Bonchev–Trinajstić information content (AvgIpc) is 3.43. The van der Waals surface area contributed by atoms with Crippen LogP contribution < -0.4 is 0 Å². The molecule has 0 aromatic carbocycles. The maximum absolute atomic E-state index is 13.4. The van der Waals surface area contributed by atoms with Gasteiger partial charge in [0.2, 0.25) is 0 Å². The van der Waals surface area contributed by atoms with Gasteiger partial charge in [-0.15, -0.1) is 0 Å². The molecule has 1 amide bonds. The zero-order chi connectivity index (χ0) is 34.6. The first-order valence-corrected chi connectivity index (χ1v) is 17.8. The van der Waals surface area contributed by atoms with E-state index in [9.17, 15) is 24.9 Å². The summed E-state index contributed by atoms with van der Waals surface area (Å²) in [6, 6.07) is 0.994. The molecule has 3 saturated heterocycles. The molecular weight excluding hydrogens is 600 g/mol. The van der Waals surface area contributed by atoms with Crippen molar-refractivity contribution in [1.82, 2.24) is 9.80 Å². The van der Waals surface area contributed by atoms with Gasteiger partial charge < -0.3 is 34.4 Å². The maximum Gasteiger partial charge on any atom is 0.410 e. The van der Waals surface area contributed by atoms with E-state index in [1.54, 1.807) is 19.1 Å². The van der Waals surface area contributed by atoms with Crippen LogP contribution in [0.2, 0.25) is 0 Å². The van der Waals surface area contributed by atoms with Crippen LogP contribution in [0.5, 0.6) is 0 Å². The van der Waals surface area contributed by atoms with Crippen molar-refractivity contribution in [2.75, 3.05) is 13.1 Å². The number of hydrogen-bond donors (Lipinski definition) is 3. The van der Waals surface area contributed by atoms with E-state index in [1.807, 2.05) is 57.7 Å². The minimum absolute atomic E-state index is 0.00728. The summed E-state index contributed by atoms with van der Waals surface area (Å²) in [6.07, 6.45) is 9.24. The van der Waals surface area contributed by atoms with Crippen LogP contribution in [-0.4, -0.2) is 111 Å². The molecule has 4 aliphatic rings. The van der Waals surface area contributed by atoms with Crippen LogP contribution in [0.1, 0.15) is 93.9 Å². The third kappa shape index (κ3) is 9.91. The molecule has 3 N–H and O–H groups in total. The molecule has 10 nitrogen and oxygen atoms in total. The molecule has 0 spiro atoms. The SMILES string of the molecule is CCC(O)C(C)C1OC1CC(C)(O)/C=C/C=C(\C)C1OC(=O)C[C@H](O)CCC(C)C(OC(=O)N2C[C@@H]3C[C@H]2CN3C(C)C)/C=C/C1C. The number of amides is 1. The van der Waals surface area contributed by atoms with E-state index in [0.29, 0.717) is 44.3 Å². The number of nitrogens with zero attached hydrogens (tertiary/aromatic N) is 2. The van der Waals surface area contributed by atoms with Gasteiger partial charge in [0.1, 0.15) is 12.2 Å². The van der Waals surface area contributed by atoms with Crippen molar-refractivity contribution in [2.24, 2.45) is 17.8 Å². The normalized spacial score (nSPS) is 37.2. The molecule has 0 saturated carbocycles. The quantitative estimate of drug-likeness (QED) is 0.131. The van der Waals surface area contributed by atoms with Crippen LogP contribution >= 0.6 is 0 Å². The Hall–Kier alpha value is -2.24. The van der Waals surface area contributed by atoms with Gasteiger partial charge >= 0.3 is 12.1 Å². The largest absolute Gasteiger partial charge is 0.457 e. The Morgan fingerprint density at radius 1 is 1.17 bits per heavy atom. The van der Waals surface area contributed by atoms with Gasteiger partial charge in [0, 0.05) is 49.5 Å². The van der Waals surface area contributed by atoms with Crippen molar-refractivity contribution in [1.29, 1.82) is 0 Å². The number of piperazine rings is 1. The molecule has 9 unspecified atom stereocenters. The van der Waals surface area contributed by atoms with Gasteiger partial charge in [-0.2, -0.15) is 0 Å². The Labute approximate surface area is 281 Å². The second-order valence-electron chi connectivity index (χ2n) is 15.2. The molecule has 12 atom stereocenters. The summed E-state index contributed by atoms with van der Waals surface area (Å²) in [5.41, 5.74) is -0.347. The Bertz CT molecular complexity index is 1170. The summed E-state index contributed by atoms with van der Waals surface area (Å²) in [5, 5.41) is 31.8. The van der Waals surface area contributed by atoms with Gasteiger partial charge in [-0.1, -0.05) is 52.0 Å². The number of carbonyl (C=O) groups is 2. The lowest BCUT2D eigenvalue weighted by Crippen LogP contribution is -2.51. The minimum Gasteiger partial charge on any atom is -0.457 e. The summed E-state index contributed by atoms with van der Waals surface area (Å²) < 4.78 is 17.8. The molecule has 4 aliphatic heterocycles. The molecular formula is C37H60N2O8. The second kappa shape index (κ2) is 16.0. The van der Waals surface area contributed by atoms with E-state index in [0.717, 1.165) is 18.5 Å². The highest BCUT2D eigenvalue weighted by Crippen LogP contribution is 2.38. The first-order chi connectivity index (χ1) is 22.1. The summed E-state index contributed by atoms with van der Waals surface area (Å²) in [6.45, 7) is 17.4. The van der Waals surface area contributed by atoms with E-state index in [4.69, 9.17) is 14.2 Å². The van der Waals surface area contributed by atoms with E-state index in [2.05, 4.69) is 18.7 Å². The smallest absolute Gasteiger partial charge is 0.410 e. The van der Waals surface area contributed by atoms with E-state index >= 15 is 0 Å². The average molecular weight is 661 g/mol. The number of aliphatic hydroxyl groups is 3. The zero-order valence-electron chi connectivity index (χ0n) is 29.7. The first kappa shape index (κ1) is 37.6. The number of hydrogen-bond acceptors (Lipinski definition) is 9. The minimum atomic E-state index is -1.12. The summed E-state index contributed by atoms with van der Waals surface area (Å²) in [5.74, 6) is -0.762. The zero-order valence-corrected chi connectivity index (χ0v) is 29.7. The van der Waals surface area contributed by atoms with Crippen LogP contribution in [0.4, 0.5) is 4.79 Å². The Morgan fingerprint density at radius 2 is 1.89 bits per heavy atom. The van der Waals surface area contributed by atoms with Gasteiger partial charge in [-0.25, -0.2) is 4.79 Å². The Morgan fingerprint density at radius 3 is 2.53 bits per heavy atom. The lowest BCUT2D eigenvalue weighted by Gasteiger charge is -2.36. The molecule has 4 heterocycles. The number of ether oxygens (including phenoxy) is 3. The van der Waals surface area contributed by atoms with Crippen molar-refractivity contribution in [2.45, 2.75) is 154 Å². The molecule has 0 aromatic heterocycles. The van der Waals surface area contributed by atoms with Crippen LogP contribution in [0.3, 0.4) is 0 Å². The number of epoxide rings is 1. The molecule has 4 rings (SSSR count). The number of fused-ring (bicyclic) bond motifs is 2. The number of rotatable bonds is 10. The van der Waals surface area contributed by atoms with Crippen LogP contribution in [-0.2, 0) is 19.0 Å². The molecule has 0 aromatic rings. The maximum atomic E-state index is 13.4. The number of allylic oxidation sites excluding steroid dienone is 2. The number of cyclic esters (lactones) is 1. The van der Waals surface area contributed by atoms with Crippen molar-refractivity contribution in [3.8, 4) is 0 Å². The molecule has 10 heteroatoms. The summed E-state index contributed by atoms with van der Waals surface area (Å²) >= 11 is 0. The second-order valence-corrected chi connectivity index (χ2v) is 15.2. The van der Waals surface area contributed by atoms with Gasteiger partial charge in [0.25, 0.3) is 0 Å². The predicted octanol–water partition coefficient (Wildman–Crippen LogP) is 4.76. The molecule has 0 radical (unpaired) electrons. The number of carbonyl (C=O) groups excluding carboxylic acids is 2. The highest BCUT2D eigenvalue weighted by atomic mass is 16.6. The number of esters is 1. The number of aliphatic hydroxyl groups excluding tert-OH is 2. The highest BCUT2D eigenvalue weighted by molar-refractivity contribution is 5.70. The third-order valence-corrected chi connectivity index (χ3v) is 10.7. The van der Waals surface area contributed by atoms with Crippen molar-refractivity contribution < 1.29 is 39.1 Å². The Kier molecular flexibility index (Phi) is 12.8. The molecule has 47 heavy (non-hydrogen) atoms. The van der Waals surface area contributed by atoms with E-state index in [-0.39, 0.29) is 48.5 Å². The van der Waals surface area contributed by atoms with Gasteiger partial charge in [0.05, 0.1) is 36.4 Å². The topological polar surface area (TPSA) is 132 Å². The highest BCUT2D eigenvalue weighted by Gasteiger charge is 2.48. The fraction of sp³-hybridized carbons (Fsp3) is 0.784. The van der Waals surface area contributed by atoms with E-state index < -0.39 is 36.0 Å². The molecule has 266 valence electrons. The Balaban J connectivity index is 1.43. The third-order valence-electron chi connectivity index (χ3n) is 10.7. The van der Waals surface area contributed by atoms with Crippen molar-refractivity contribution in [3.05, 3.63) is 36.0 Å². The van der Waals surface area contributed by atoms with Crippen molar-refractivity contribution in [3.63, 3.8) is 0 Å². The summed E-state index contributed by atoms with van der Waals surface area (Å²) in [7, 11) is 0. The number of likely N-dealkylation sites (tertiary alicyclic amines) is 2. The van der Waals surface area contributed by atoms with Gasteiger partial charge in [0.15, 0.2) is 0 Å². The first-order valence-electron chi connectivity index (χ1n) is 17.8. The standard InChI is InChI=1S/C37H60N2O8/c1-9-30(41)26(7)35-32(45-35)19-37(8,44)16-10-11-24(5)34-25(6)13-15-31(23(4)12-14-29(40)18-33(42)47-34)46-36(43)39-21-27-17-28(39)20-38(27)22(2)3/h10-11,13,15-16,22-23,25-32,34-35,40-41,44H,9,12,14,17-21H2,1-8H3/b15-13+,16-10+,24-11+/t23?,25?,26?,27-,28-,29+,30?,31?,32?,34?,35?,37?/m0/s1. The fourth-order valence-corrected chi connectivity index (χ4v) is 7.54.